The van der Waals surface area contributed by atoms with Crippen molar-refractivity contribution in [3.8, 4) is 5.75 Å². The Hall–Kier alpha value is -2.91. The van der Waals surface area contributed by atoms with E-state index in [4.69, 9.17) is 4.74 Å². The lowest BCUT2D eigenvalue weighted by atomic mass is 10.2. The number of carbonyl (C=O) groups excluding carboxylic acids is 2. The lowest BCUT2D eigenvalue weighted by Gasteiger charge is -2.24. The number of benzene rings is 2. The first-order chi connectivity index (χ1) is 14.4. The molecule has 160 valence electrons. The van der Waals surface area contributed by atoms with E-state index in [0.29, 0.717) is 25.1 Å². The largest absolute Gasteiger partial charge is 0.496 e. The van der Waals surface area contributed by atoms with Crippen LogP contribution in [0.1, 0.15) is 18.4 Å². The molecule has 0 radical (unpaired) electrons. The molecule has 0 unspecified atom stereocenters. The predicted molar refractivity (Wildman–Crippen MR) is 111 cm³/mol. The van der Waals surface area contributed by atoms with E-state index in [1.54, 1.807) is 42.5 Å². The van der Waals surface area contributed by atoms with Gasteiger partial charge < -0.3 is 15.4 Å². The molecule has 2 aromatic carbocycles. The second-order valence-corrected chi connectivity index (χ2v) is 8.82. The van der Waals surface area contributed by atoms with Crippen molar-refractivity contribution in [2.24, 2.45) is 0 Å². The van der Waals surface area contributed by atoms with Crippen LogP contribution in [0.2, 0.25) is 0 Å². The summed E-state index contributed by atoms with van der Waals surface area (Å²) < 4.78 is 32.3. The van der Waals surface area contributed by atoms with Gasteiger partial charge in [0.25, 0.3) is 0 Å². The van der Waals surface area contributed by atoms with Gasteiger partial charge in [-0.1, -0.05) is 36.4 Å². The van der Waals surface area contributed by atoms with Crippen molar-refractivity contribution in [1.29, 1.82) is 0 Å². The molecule has 1 atom stereocenters. The summed E-state index contributed by atoms with van der Waals surface area (Å²) in [6, 6.07) is 15.0. The van der Waals surface area contributed by atoms with Crippen LogP contribution >= 0.6 is 0 Å². The number of methoxy groups -OCH3 is 1. The Labute approximate surface area is 176 Å². The normalized spacial score (nSPS) is 16.8. The van der Waals surface area contributed by atoms with E-state index in [9.17, 15) is 18.0 Å². The molecule has 0 aromatic heterocycles. The predicted octanol–water partition coefficient (Wildman–Crippen LogP) is 1.28. The van der Waals surface area contributed by atoms with Crippen LogP contribution in [0, 0.1) is 0 Å². The number of sulfonamides is 1. The summed E-state index contributed by atoms with van der Waals surface area (Å²) in [5, 5.41) is 5.11. The van der Waals surface area contributed by atoms with E-state index < -0.39 is 21.8 Å². The molecule has 8 nitrogen and oxygen atoms in total. The number of nitrogens with one attached hydrogen (secondary N) is 2. The van der Waals surface area contributed by atoms with Crippen molar-refractivity contribution in [3.05, 3.63) is 60.2 Å². The van der Waals surface area contributed by atoms with E-state index in [0.717, 1.165) is 5.56 Å². The molecule has 2 N–H and O–H groups in total. The summed E-state index contributed by atoms with van der Waals surface area (Å²) in [5.41, 5.74) is 0.747. The Morgan fingerprint density at radius 2 is 1.70 bits per heavy atom. The van der Waals surface area contributed by atoms with Crippen LogP contribution in [-0.4, -0.2) is 50.8 Å². The molecular weight excluding hydrogens is 406 g/mol. The second-order valence-electron chi connectivity index (χ2n) is 6.93. The molecule has 30 heavy (non-hydrogen) atoms. The van der Waals surface area contributed by atoms with Crippen LogP contribution in [0.5, 0.6) is 5.75 Å². The molecular formula is C21H25N3O5S. The maximum absolute atomic E-state index is 12.9. The molecule has 1 saturated heterocycles. The third-order valence-corrected chi connectivity index (χ3v) is 6.98. The van der Waals surface area contributed by atoms with Crippen molar-refractivity contribution in [3.63, 3.8) is 0 Å². The van der Waals surface area contributed by atoms with Gasteiger partial charge in [-0.3, -0.25) is 9.59 Å². The van der Waals surface area contributed by atoms with Crippen molar-refractivity contribution in [2.45, 2.75) is 30.3 Å². The third kappa shape index (κ3) is 4.98. The van der Waals surface area contributed by atoms with E-state index >= 15 is 0 Å². The lowest BCUT2D eigenvalue weighted by Crippen LogP contribution is -2.46. The number of para-hydroxylation sites is 1. The molecule has 9 heteroatoms. The standard InChI is InChI=1S/C21H25N3O5S/c1-29-19-12-6-5-8-16(19)14-22-20(25)21(26)23-15-17-9-7-13-24(17)30(27,28)18-10-3-2-4-11-18/h2-6,8,10-12,17H,7,9,13-15H2,1H3,(H,22,25)(H,23,26)/t17-/m1/s1. The van der Waals surface area contributed by atoms with Gasteiger partial charge in [0.05, 0.1) is 12.0 Å². The molecule has 3 rings (SSSR count). The molecule has 2 aromatic rings. The molecule has 2 amide bonds. The number of hydrogen-bond donors (Lipinski definition) is 2. The fourth-order valence-corrected chi connectivity index (χ4v) is 5.17. The number of carbonyl (C=O) groups is 2. The summed E-state index contributed by atoms with van der Waals surface area (Å²) in [7, 11) is -2.11. The van der Waals surface area contributed by atoms with Gasteiger partial charge >= 0.3 is 11.8 Å². The van der Waals surface area contributed by atoms with Gasteiger partial charge in [-0.05, 0) is 31.0 Å². The van der Waals surface area contributed by atoms with Crippen LogP contribution in [0.15, 0.2) is 59.5 Å². The van der Waals surface area contributed by atoms with E-state index in [-0.39, 0.29) is 24.0 Å². The highest BCUT2D eigenvalue weighted by Gasteiger charge is 2.35. The van der Waals surface area contributed by atoms with E-state index in [1.807, 2.05) is 12.1 Å². The number of nitrogens with zero attached hydrogens (tertiary/aromatic N) is 1. The van der Waals surface area contributed by atoms with Crippen LogP contribution < -0.4 is 15.4 Å². The molecule has 1 fully saturated rings. The Bertz CT molecular complexity index is 995. The lowest BCUT2D eigenvalue weighted by molar-refractivity contribution is -0.139. The van der Waals surface area contributed by atoms with Gasteiger partial charge in [0.15, 0.2) is 0 Å². The molecule has 0 bridgehead atoms. The Balaban J connectivity index is 1.55. The smallest absolute Gasteiger partial charge is 0.309 e. The van der Waals surface area contributed by atoms with Crippen molar-refractivity contribution >= 4 is 21.8 Å². The summed E-state index contributed by atoms with van der Waals surface area (Å²) in [4.78, 5) is 24.5. The highest BCUT2D eigenvalue weighted by atomic mass is 32.2. The Kier molecular flexibility index (Phi) is 7.07. The highest BCUT2D eigenvalue weighted by Crippen LogP contribution is 2.25. The Morgan fingerprint density at radius 1 is 1.03 bits per heavy atom. The minimum atomic E-state index is -3.64. The first-order valence-corrected chi connectivity index (χ1v) is 11.1. The van der Waals surface area contributed by atoms with Gasteiger partial charge in [-0.2, -0.15) is 4.31 Å². The zero-order valence-corrected chi connectivity index (χ0v) is 17.5. The van der Waals surface area contributed by atoms with E-state index in [2.05, 4.69) is 10.6 Å². The first-order valence-electron chi connectivity index (χ1n) is 9.68. The number of rotatable bonds is 7. The van der Waals surface area contributed by atoms with Gasteiger partial charge in [0.1, 0.15) is 5.75 Å². The topological polar surface area (TPSA) is 105 Å². The molecule has 0 aliphatic carbocycles. The zero-order chi connectivity index (χ0) is 21.6. The fourth-order valence-electron chi connectivity index (χ4n) is 3.45. The quantitative estimate of drug-likeness (QED) is 0.643. The monoisotopic (exact) mass is 431 g/mol. The number of amides is 2. The maximum atomic E-state index is 12.9. The maximum Gasteiger partial charge on any atom is 0.309 e. The number of ether oxygens (including phenoxy) is 1. The summed E-state index contributed by atoms with van der Waals surface area (Å²) in [6.07, 6.45) is 1.32. The van der Waals surface area contributed by atoms with Gasteiger partial charge in [-0.25, -0.2) is 8.42 Å². The van der Waals surface area contributed by atoms with Gasteiger partial charge in [-0.15, -0.1) is 0 Å². The van der Waals surface area contributed by atoms with Crippen LogP contribution in [0.25, 0.3) is 0 Å². The summed E-state index contributed by atoms with van der Waals surface area (Å²) in [5.74, 6) is -0.962. The van der Waals surface area contributed by atoms with Gasteiger partial charge in [0, 0.05) is 31.2 Å². The third-order valence-electron chi connectivity index (χ3n) is 5.01. The minimum absolute atomic E-state index is 0.0764. The zero-order valence-electron chi connectivity index (χ0n) is 16.7. The molecule has 1 aliphatic rings. The van der Waals surface area contributed by atoms with Crippen LogP contribution in [0.4, 0.5) is 0 Å². The average molecular weight is 432 g/mol. The molecule has 0 saturated carbocycles. The van der Waals surface area contributed by atoms with Crippen molar-refractivity contribution in [2.75, 3.05) is 20.2 Å². The minimum Gasteiger partial charge on any atom is -0.496 e. The van der Waals surface area contributed by atoms with Crippen LogP contribution in [0.3, 0.4) is 0 Å². The Morgan fingerprint density at radius 3 is 2.43 bits per heavy atom. The molecule has 1 heterocycles. The molecule has 1 aliphatic heterocycles. The first kappa shape index (κ1) is 21.8. The SMILES string of the molecule is COc1ccccc1CNC(=O)C(=O)NC[C@H]1CCCN1S(=O)(=O)c1ccccc1. The summed E-state index contributed by atoms with van der Waals surface area (Å²) >= 11 is 0. The summed E-state index contributed by atoms with van der Waals surface area (Å²) in [6.45, 7) is 0.610. The van der Waals surface area contributed by atoms with Crippen molar-refractivity contribution in [1.82, 2.24) is 14.9 Å². The highest BCUT2D eigenvalue weighted by molar-refractivity contribution is 7.89. The average Bonchev–Trinajstić information content (AvgIpc) is 3.26. The van der Waals surface area contributed by atoms with Crippen LogP contribution in [-0.2, 0) is 26.2 Å². The second kappa shape index (κ2) is 9.73. The number of hydrogen-bond acceptors (Lipinski definition) is 5. The van der Waals surface area contributed by atoms with Gasteiger partial charge in [0.2, 0.25) is 10.0 Å². The van der Waals surface area contributed by atoms with Crippen molar-refractivity contribution < 1.29 is 22.7 Å². The van der Waals surface area contributed by atoms with E-state index in [1.165, 1.54) is 11.4 Å². The fraction of sp³-hybridized carbons (Fsp3) is 0.333. The molecule has 0 spiro atoms.